The highest BCUT2D eigenvalue weighted by atomic mass is 35.5. The number of hydrogen-bond donors (Lipinski definition) is 2. The molecule has 2 atom stereocenters. The fraction of sp³-hybridized carbons (Fsp3) is 0.483. The highest BCUT2D eigenvalue weighted by Gasteiger charge is 2.36. The van der Waals surface area contributed by atoms with Gasteiger partial charge in [0, 0.05) is 6.54 Å². The molecule has 0 aliphatic rings. The van der Waals surface area contributed by atoms with E-state index < -0.39 is 23.8 Å². The third-order valence-electron chi connectivity index (χ3n) is 5.86. The normalized spacial score (nSPS) is 12.8. The molecule has 0 aliphatic carbocycles. The van der Waals surface area contributed by atoms with Crippen LogP contribution < -0.4 is 10.6 Å². The molecule has 2 aromatic rings. The van der Waals surface area contributed by atoms with E-state index in [2.05, 4.69) is 10.6 Å². The maximum absolute atomic E-state index is 14.1. The second-order valence-corrected chi connectivity index (χ2v) is 11.6. The Bertz CT molecular complexity index is 1100. The summed E-state index contributed by atoms with van der Waals surface area (Å²) in [7, 11) is 0. The van der Waals surface area contributed by atoms with Crippen molar-refractivity contribution in [2.75, 3.05) is 23.9 Å². The first kappa shape index (κ1) is 31.5. The van der Waals surface area contributed by atoms with Gasteiger partial charge < -0.3 is 20.3 Å². The first-order chi connectivity index (χ1) is 17.9. The molecule has 7 nitrogen and oxygen atoms in total. The average Bonchev–Trinajstić information content (AvgIpc) is 2.83. The van der Waals surface area contributed by atoms with Gasteiger partial charge in [0.25, 0.3) is 5.91 Å². The van der Waals surface area contributed by atoms with Gasteiger partial charge in [-0.15, -0.1) is 0 Å². The zero-order valence-electron chi connectivity index (χ0n) is 23.4. The van der Waals surface area contributed by atoms with E-state index in [1.807, 2.05) is 63.4 Å². The molecule has 2 unspecified atom stereocenters. The molecule has 0 saturated heterocycles. The summed E-state index contributed by atoms with van der Waals surface area (Å²) in [5.41, 5.74) is 2.19. The number of ether oxygens (including phenoxy) is 1. The number of carbonyl (C=O) groups is 3. The van der Waals surface area contributed by atoms with Crippen molar-refractivity contribution in [1.82, 2.24) is 10.2 Å². The van der Waals surface area contributed by atoms with E-state index in [0.29, 0.717) is 41.4 Å². The van der Waals surface area contributed by atoms with Crippen molar-refractivity contribution in [2.45, 2.75) is 72.1 Å². The van der Waals surface area contributed by atoms with Gasteiger partial charge in [0.2, 0.25) is 5.91 Å². The molecule has 0 saturated carbocycles. The Hall–Kier alpha value is -2.71. The van der Waals surface area contributed by atoms with Crippen LogP contribution in [0.25, 0.3) is 0 Å². The van der Waals surface area contributed by atoms with Crippen LogP contribution in [0.2, 0.25) is 5.02 Å². The zero-order valence-corrected chi connectivity index (χ0v) is 25.0. The molecule has 0 fully saturated rings. The van der Waals surface area contributed by atoms with Crippen molar-refractivity contribution < 1.29 is 19.1 Å². The molecule has 208 valence electrons. The van der Waals surface area contributed by atoms with Gasteiger partial charge in [-0.2, -0.15) is 11.8 Å². The first-order valence-electron chi connectivity index (χ1n) is 12.8. The number of carbonyl (C=O) groups excluding carboxylic acids is 3. The second-order valence-electron chi connectivity index (χ2n) is 10.2. The van der Waals surface area contributed by atoms with Gasteiger partial charge in [-0.25, -0.2) is 4.79 Å². The van der Waals surface area contributed by atoms with Crippen LogP contribution in [0.15, 0.2) is 42.5 Å². The summed E-state index contributed by atoms with van der Waals surface area (Å²) in [6.45, 7) is 11.3. The lowest BCUT2D eigenvalue weighted by molar-refractivity contribution is -0.140. The van der Waals surface area contributed by atoms with E-state index in [4.69, 9.17) is 16.3 Å². The van der Waals surface area contributed by atoms with E-state index in [0.717, 1.165) is 11.1 Å². The first-order valence-corrected chi connectivity index (χ1v) is 14.6. The number of rotatable bonds is 11. The number of para-hydroxylation sites is 1. The van der Waals surface area contributed by atoms with Gasteiger partial charge in [0.15, 0.2) is 0 Å². The van der Waals surface area contributed by atoms with Crippen LogP contribution in [0.3, 0.4) is 0 Å². The summed E-state index contributed by atoms with van der Waals surface area (Å²) >= 11 is 7.99. The molecule has 0 bridgehead atoms. The highest BCUT2D eigenvalue weighted by molar-refractivity contribution is 7.98. The molecule has 0 radical (unpaired) electrons. The topological polar surface area (TPSA) is 87.7 Å². The molecule has 0 aromatic heterocycles. The standard InChI is InChI=1S/C29H40ClN3O4S/c1-8-17-33(27(35)23(16-18-38-7)31-28(36)37-29(4,5)6)25(21-14-10-9-12-19(21)2)26(34)32-24-20(3)13-11-15-22(24)30/h9-15,23,25H,8,16-18H2,1-7H3,(H,31,36)(H,32,34). The lowest BCUT2D eigenvalue weighted by Crippen LogP contribution is -2.53. The molecule has 2 rings (SSSR count). The molecule has 2 N–H and O–H groups in total. The number of alkyl carbamates (subject to hydrolysis) is 1. The predicted octanol–water partition coefficient (Wildman–Crippen LogP) is 6.52. The number of nitrogens with one attached hydrogen (secondary N) is 2. The number of halogens is 1. The molecule has 0 heterocycles. The average molecular weight is 562 g/mol. The van der Waals surface area contributed by atoms with Gasteiger partial charge in [0.05, 0.1) is 10.7 Å². The molecule has 0 aliphatic heterocycles. The molecule has 0 spiro atoms. The Balaban J connectivity index is 2.53. The minimum absolute atomic E-state index is 0.318. The maximum Gasteiger partial charge on any atom is 0.408 e. The van der Waals surface area contributed by atoms with Crippen molar-refractivity contribution in [1.29, 1.82) is 0 Å². The number of aryl methyl sites for hydroxylation is 2. The van der Waals surface area contributed by atoms with Gasteiger partial charge in [-0.3, -0.25) is 9.59 Å². The van der Waals surface area contributed by atoms with E-state index in [-0.39, 0.29) is 11.8 Å². The summed E-state index contributed by atoms with van der Waals surface area (Å²) in [6.07, 6.45) is 2.28. The quantitative estimate of drug-likeness (QED) is 0.326. The third kappa shape index (κ3) is 8.95. The van der Waals surface area contributed by atoms with E-state index in [1.165, 1.54) is 0 Å². The van der Waals surface area contributed by atoms with Crippen LogP contribution in [0.5, 0.6) is 0 Å². The SMILES string of the molecule is CCCN(C(=O)C(CCSC)NC(=O)OC(C)(C)C)C(C(=O)Nc1c(C)cccc1Cl)c1ccccc1C. The Morgan fingerprint density at radius 1 is 1.05 bits per heavy atom. The van der Waals surface area contributed by atoms with E-state index >= 15 is 0 Å². The summed E-state index contributed by atoms with van der Waals surface area (Å²) in [6, 6.07) is 11.1. The Morgan fingerprint density at radius 3 is 2.29 bits per heavy atom. The third-order valence-corrected chi connectivity index (χ3v) is 6.82. The molecular formula is C29H40ClN3O4S. The zero-order chi connectivity index (χ0) is 28.5. The van der Waals surface area contributed by atoms with Crippen molar-refractivity contribution in [3.63, 3.8) is 0 Å². The van der Waals surface area contributed by atoms with Gasteiger partial charge in [0.1, 0.15) is 17.7 Å². The summed E-state index contributed by atoms with van der Waals surface area (Å²) in [5.74, 6) is -0.0733. The van der Waals surface area contributed by atoms with Crippen molar-refractivity contribution >= 4 is 47.0 Å². The maximum atomic E-state index is 14.1. The molecule has 9 heteroatoms. The summed E-state index contributed by atoms with van der Waals surface area (Å²) < 4.78 is 5.43. The van der Waals surface area contributed by atoms with Gasteiger partial charge in [-0.1, -0.05) is 54.9 Å². The minimum Gasteiger partial charge on any atom is -0.444 e. The Morgan fingerprint density at radius 2 is 1.71 bits per heavy atom. The van der Waals surface area contributed by atoms with Crippen LogP contribution in [0.1, 0.15) is 63.3 Å². The van der Waals surface area contributed by atoms with Gasteiger partial charge in [-0.05, 0) is 82.2 Å². The van der Waals surface area contributed by atoms with Gasteiger partial charge >= 0.3 is 6.09 Å². The number of thioether (sulfide) groups is 1. The molecule has 2 aromatic carbocycles. The van der Waals surface area contributed by atoms with E-state index in [9.17, 15) is 14.4 Å². The monoisotopic (exact) mass is 561 g/mol. The molecular weight excluding hydrogens is 522 g/mol. The lowest BCUT2D eigenvalue weighted by atomic mass is 9.97. The van der Waals surface area contributed by atoms with E-state index in [1.54, 1.807) is 43.5 Å². The van der Waals surface area contributed by atoms with Crippen LogP contribution >= 0.6 is 23.4 Å². The number of amides is 3. The second kappa shape index (κ2) is 14.4. The van der Waals surface area contributed by atoms with Crippen molar-refractivity contribution in [2.24, 2.45) is 0 Å². The summed E-state index contributed by atoms with van der Waals surface area (Å²) in [4.78, 5) is 42.3. The minimum atomic E-state index is -0.934. The van der Waals surface area contributed by atoms with Crippen molar-refractivity contribution in [3.05, 3.63) is 64.2 Å². The van der Waals surface area contributed by atoms with Crippen LogP contribution in [-0.2, 0) is 14.3 Å². The van der Waals surface area contributed by atoms with Crippen LogP contribution in [-0.4, -0.2) is 53.0 Å². The number of nitrogens with zero attached hydrogens (tertiary/aromatic N) is 1. The molecule has 3 amide bonds. The summed E-state index contributed by atoms with van der Waals surface area (Å²) in [5, 5.41) is 6.14. The Kier molecular flexibility index (Phi) is 12.0. The smallest absolute Gasteiger partial charge is 0.408 e. The number of hydrogen-bond acceptors (Lipinski definition) is 5. The predicted molar refractivity (Wildman–Crippen MR) is 157 cm³/mol. The number of anilines is 1. The van der Waals surface area contributed by atoms with Crippen LogP contribution in [0.4, 0.5) is 10.5 Å². The highest BCUT2D eigenvalue weighted by Crippen LogP contribution is 2.31. The number of benzene rings is 2. The fourth-order valence-corrected chi connectivity index (χ4v) is 4.82. The van der Waals surface area contributed by atoms with Crippen LogP contribution in [0, 0.1) is 13.8 Å². The fourth-order valence-electron chi connectivity index (χ4n) is 4.08. The molecule has 38 heavy (non-hydrogen) atoms. The van der Waals surface area contributed by atoms with Crippen molar-refractivity contribution in [3.8, 4) is 0 Å². The lowest BCUT2D eigenvalue weighted by Gasteiger charge is -2.35. The largest absolute Gasteiger partial charge is 0.444 e. The Labute approximate surface area is 236 Å².